The molecular formula is C39H24N2. The van der Waals surface area contributed by atoms with Crippen LogP contribution in [0.15, 0.2) is 133 Å². The monoisotopic (exact) mass is 520 g/mol. The minimum Gasteiger partial charge on any atom is -0.309 e. The average Bonchev–Trinajstić information content (AvgIpc) is 3.38. The van der Waals surface area contributed by atoms with Crippen LogP contribution in [0.1, 0.15) is 50.8 Å². The quantitative estimate of drug-likeness (QED) is 0.223. The highest BCUT2D eigenvalue weighted by molar-refractivity contribution is 6.09. The van der Waals surface area contributed by atoms with E-state index in [9.17, 15) is 5.26 Å². The Kier molecular flexibility index (Phi) is 4.54. The van der Waals surface area contributed by atoms with Gasteiger partial charge in [-0.25, -0.2) is 0 Å². The van der Waals surface area contributed by atoms with Crippen LogP contribution in [0.5, 0.6) is 0 Å². The number of aromatic nitrogens is 1. The Balaban J connectivity index is 1.39. The van der Waals surface area contributed by atoms with Gasteiger partial charge in [0.1, 0.15) is 0 Å². The van der Waals surface area contributed by atoms with Crippen molar-refractivity contribution in [2.75, 3.05) is 0 Å². The van der Waals surface area contributed by atoms with Crippen LogP contribution >= 0.6 is 0 Å². The first-order valence-electron chi connectivity index (χ1n) is 14.2. The number of hydrogen-bond acceptors (Lipinski definition) is 1. The van der Waals surface area contributed by atoms with Crippen molar-refractivity contribution in [2.45, 2.75) is 11.8 Å². The van der Waals surface area contributed by atoms with Gasteiger partial charge in [-0.2, -0.15) is 5.26 Å². The Morgan fingerprint density at radius 2 is 0.951 bits per heavy atom. The van der Waals surface area contributed by atoms with E-state index in [-0.39, 0.29) is 11.8 Å². The molecule has 190 valence electrons. The molecule has 10 rings (SSSR count). The molecule has 6 aromatic carbocycles. The molecule has 2 heteroatoms. The summed E-state index contributed by atoms with van der Waals surface area (Å²) in [6, 6.07) is 50.6. The van der Waals surface area contributed by atoms with Crippen LogP contribution in [0.25, 0.3) is 38.6 Å². The molecule has 2 bridgehead atoms. The van der Waals surface area contributed by atoms with Crippen LogP contribution in [0, 0.1) is 11.3 Å². The van der Waals surface area contributed by atoms with Gasteiger partial charge >= 0.3 is 0 Å². The molecule has 2 nitrogen and oxygen atoms in total. The summed E-state index contributed by atoms with van der Waals surface area (Å²) in [5, 5.41) is 12.9. The largest absolute Gasteiger partial charge is 0.309 e. The fraction of sp³-hybridized carbons (Fsp3) is 0.0513. The van der Waals surface area contributed by atoms with Crippen molar-refractivity contribution in [1.82, 2.24) is 4.57 Å². The molecule has 0 saturated heterocycles. The van der Waals surface area contributed by atoms with Gasteiger partial charge in [0.15, 0.2) is 0 Å². The molecule has 0 saturated carbocycles. The van der Waals surface area contributed by atoms with Gasteiger partial charge in [-0.1, -0.05) is 109 Å². The number of fused-ring (bicyclic) bond motifs is 3. The van der Waals surface area contributed by atoms with E-state index in [1.54, 1.807) is 0 Å². The number of para-hydroxylation sites is 3. The van der Waals surface area contributed by atoms with E-state index in [0.29, 0.717) is 0 Å². The van der Waals surface area contributed by atoms with Crippen molar-refractivity contribution in [1.29, 1.82) is 5.26 Å². The smallest absolute Gasteiger partial charge is 0.0994 e. The van der Waals surface area contributed by atoms with Gasteiger partial charge in [-0.15, -0.1) is 0 Å². The Morgan fingerprint density at radius 3 is 1.54 bits per heavy atom. The summed E-state index contributed by atoms with van der Waals surface area (Å²) in [7, 11) is 0. The molecule has 3 aliphatic rings. The average molecular weight is 521 g/mol. The Morgan fingerprint density at radius 1 is 0.463 bits per heavy atom. The molecule has 0 aliphatic heterocycles. The minimum absolute atomic E-state index is 0.0531. The van der Waals surface area contributed by atoms with Gasteiger partial charge in [0.05, 0.1) is 28.4 Å². The minimum atomic E-state index is 0.0531. The summed E-state index contributed by atoms with van der Waals surface area (Å²) in [6.45, 7) is 0. The summed E-state index contributed by atoms with van der Waals surface area (Å²) in [4.78, 5) is 0. The van der Waals surface area contributed by atoms with E-state index in [1.165, 1.54) is 66.3 Å². The van der Waals surface area contributed by atoms with Crippen LogP contribution < -0.4 is 0 Å². The Hall–Kier alpha value is -5.39. The van der Waals surface area contributed by atoms with Gasteiger partial charge in [-0.05, 0) is 63.2 Å². The molecular weight excluding hydrogens is 496 g/mol. The van der Waals surface area contributed by atoms with Gasteiger partial charge in [0.25, 0.3) is 0 Å². The second-order valence-electron chi connectivity index (χ2n) is 11.1. The van der Waals surface area contributed by atoms with E-state index in [0.717, 1.165) is 11.3 Å². The second kappa shape index (κ2) is 8.31. The van der Waals surface area contributed by atoms with Gasteiger partial charge < -0.3 is 4.57 Å². The highest BCUT2D eigenvalue weighted by Gasteiger charge is 2.43. The van der Waals surface area contributed by atoms with Crippen LogP contribution in [0.3, 0.4) is 0 Å². The Labute approximate surface area is 238 Å². The zero-order valence-corrected chi connectivity index (χ0v) is 22.3. The van der Waals surface area contributed by atoms with E-state index in [2.05, 4.69) is 138 Å². The summed E-state index contributed by atoms with van der Waals surface area (Å²) >= 11 is 0. The summed E-state index contributed by atoms with van der Waals surface area (Å²) < 4.78 is 2.41. The van der Waals surface area contributed by atoms with Crippen molar-refractivity contribution in [3.05, 3.63) is 172 Å². The van der Waals surface area contributed by atoms with Gasteiger partial charge in [-0.3, -0.25) is 0 Å². The molecule has 0 fully saturated rings. The fourth-order valence-corrected chi connectivity index (χ4v) is 7.70. The topological polar surface area (TPSA) is 28.7 Å². The standard InChI is InChI=1S/C39H24N2/c40-23-24-21-22-32(39-36(24)37-28-14-1-3-16-30(28)38(39)31-17-4-2-15-29(31)37)27-13-7-10-20-35(27)41-33-18-8-5-11-25(33)26-12-6-9-19-34(26)41/h1-22,37-38H. The van der Waals surface area contributed by atoms with E-state index in [1.807, 2.05) is 6.07 Å². The van der Waals surface area contributed by atoms with E-state index < -0.39 is 0 Å². The predicted octanol–water partition coefficient (Wildman–Crippen LogP) is 9.31. The van der Waals surface area contributed by atoms with E-state index in [4.69, 9.17) is 0 Å². The molecule has 1 heterocycles. The van der Waals surface area contributed by atoms with Crippen LogP contribution in [0.4, 0.5) is 0 Å². The molecule has 0 N–H and O–H groups in total. The Bertz CT molecular complexity index is 2140. The zero-order chi connectivity index (χ0) is 27.1. The molecule has 0 spiro atoms. The number of hydrogen-bond donors (Lipinski definition) is 0. The van der Waals surface area contributed by atoms with Gasteiger partial charge in [0, 0.05) is 28.2 Å². The lowest BCUT2D eigenvalue weighted by Crippen LogP contribution is -2.29. The maximum absolute atomic E-state index is 10.4. The third kappa shape index (κ3) is 2.90. The van der Waals surface area contributed by atoms with Crippen LogP contribution in [-0.2, 0) is 0 Å². The first-order valence-corrected chi connectivity index (χ1v) is 14.2. The molecule has 1 aromatic heterocycles. The molecule has 0 unspecified atom stereocenters. The normalized spacial score (nSPS) is 16.3. The van der Waals surface area contributed by atoms with Crippen molar-refractivity contribution in [3.63, 3.8) is 0 Å². The first-order chi connectivity index (χ1) is 20.3. The zero-order valence-electron chi connectivity index (χ0n) is 22.3. The molecule has 7 aromatic rings. The lowest BCUT2D eigenvalue weighted by molar-refractivity contribution is 0.753. The predicted molar refractivity (Wildman–Crippen MR) is 166 cm³/mol. The SMILES string of the molecule is N#Cc1ccc(-c2ccccc2-n2c3ccccc3c3ccccc32)c2c1C1c3ccccc3C2c2ccccc21. The summed E-state index contributed by atoms with van der Waals surface area (Å²) in [6.07, 6.45) is 0. The maximum Gasteiger partial charge on any atom is 0.0994 e. The highest BCUT2D eigenvalue weighted by Crippen LogP contribution is 2.58. The summed E-state index contributed by atoms with van der Waals surface area (Å²) in [5.41, 5.74) is 14.5. The van der Waals surface area contributed by atoms with Gasteiger partial charge in [0.2, 0.25) is 0 Å². The number of nitriles is 1. The van der Waals surface area contributed by atoms with Crippen LogP contribution in [0.2, 0.25) is 0 Å². The molecule has 41 heavy (non-hydrogen) atoms. The lowest BCUT2D eigenvalue weighted by atomic mass is 9.59. The fourth-order valence-electron chi connectivity index (χ4n) is 7.70. The first kappa shape index (κ1) is 22.4. The highest BCUT2D eigenvalue weighted by atomic mass is 15.0. The molecule has 3 aliphatic carbocycles. The van der Waals surface area contributed by atoms with Crippen molar-refractivity contribution in [2.24, 2.45) is 0 Å². The summed E-state index contributed by atoms with van der Waals surface area (Å²) in [5.74, 6) is 0.134. The maximum atomic E-state index is 10.4. The number of benzene rings is 6. The number of rotatable bonds is 2. The third-order valence-electron chi connectivity index (χ3n) is 9.24. The van der Waals surface area contributed by atoms with Crippen molar-refractivity contribution >= 4 is 21.8 Å². The van der Waals surface area contributed by atoms with Crippen molar-refractivity contribution < 1.29 is 0 Å². The van der Waals surface area contributed by atoms with E-state index >= 15 is 0 Å². The molecule has 0 radical (unpaired) electrons. The molecule has 0 amide bonds. The van der Waals surface area contributed by atoms with Crippen molar-refractivity contribution in [3.8, 4) is 22.9 Å². The second-order valence-corrected chi connectivity index (χ2v) is 11.1. The molecule has 0 atom stereocenters. The van der Waals surface area contributed by atoms with Crippen LogP contribution in [-0.4, -0.2) is 4.57 Å². The number of nitrogens with zero attached hydrogens (tertiary/aromatic N) is 2. The third-order valence-corrected chi connectivity index (χ3v) is 9.24. The lowest BCUT2D eigenvalue weighted by Gasteiger charge is -2.43.